The predicted molar refractivity (Wildman–Crippen MR) is 58.3 cm³/mol. The summed E-state index contributed by atoms with van der Waals surface area (Å²) in [5.74, 6) is -2.01. The van der Waals surface area contributed by atoms with Crippen LogP contribution in [0.3, 0.4) is 0 Å². The molecule has 3 N–H and O–H groups in total. The molecule has 0 unspecified atom stereocenters. The highest BCUT2D eigenvalue weighted by molar-refractivity contribution is 9.10. The highest BCUT2D eigenvalue weighted by atomic mass is 79.9. The Bertz CT molecular complexity index is 493. The van der Waals surface area contributed by atoms with Crippen molar-refractivity contribution in [2.24, 2.45) is 5.73 Å². The topological polar surface area (TPSA) is 72.2 Å². The zero-order valence-corrected chi connectivity index (χ0v) is 10.4. The molecule has 0 radical (unpaired) electrons. The molecule has 1 aromatic rings. The van der Waals surface area contributed by atoms with Gasteiger partial charge in [-0.3, -0.25) is 0 Å². The molecule has 1 aromatic carbocycles. The van der Waals surface area contributed by atoms with Crippen LogP contribution < -0.4 is 10.5 Å². The van der Waals surface area contributed by atoms with Gasteiger partial charge in [0.25, 0.3) is 0 Å². The van der Waals surface area contributed by atoms with E-state index in [1.807, 2.05) is 0 Å². The Kier molecular flexibility index (Phi) is 4.36. The van der Waals surface area contributed by atoms with Crippen LogP contribution in [0.5, 0.6) is 0 Å². The van der Waals surface area contributed by atoms with Crippen molar-refractivity contribution in [3.63, 3.8) is 0 Å². The summed E-state index contributed by atoms with van der Waals surface area (Å²) in [4.78, 5) is -0.616. The second-order valence-electron chi connectivity index (χ2n) is 2.88. The molecule has 0 spiro atoms. The monoisotopic (exact) mass is 314 g/mol. The van der Waals surface area contributed by atoms with E-state index in [0.29, 0.717) is 6.07 Å². The van der Waals surface area contributed by atoms with Gasteiger partial charge in [-0.1, -0.05) is 0 Å². The van der Waals surface area contributed by atoms with Gasteiger partial charge in [0.2, 0.25) is 10.0 Å². The summed E-state index contributed by atoms with van der Waals surface area (Å²) in [7, 11) is -3.99. The van der Waals surface area contributed by atoms with Crippen molar-refractivity contribution >= 4 is 26.0 Å². The third kappa shape index (κ3) is 2.97. The second-order valence-corrected chi connectivity index (χ2v) is 5.47. The van der Waals surface area contributed by atoms with E-state index in [9.17, 15) is 17.2 Å². The van der Waals surface area contributed by atoms with Crippen molar-refractivity contribution in [3.05, 3.63) is 28.2 Å². The number of hydrogen-bond acceptors (Lipinski definition) is 3. The molecule has 0 bridgehead atoms. The summed E-state index contributed by atoms with van der Waals surface area (Å²) in [5.41, 5.74) is 5.12. The molecule has 0 heterocycles. The Balaban J connectivity index is 3.18. The highest BCUT2D eigenvalue weighted by Crippen LogP contribution is 2.23. The highest BCUT2D eigenvalue weighted by Gasteiger charge is 2.20. The molecular weight excluding hydrogens is 306 g/mol. The Morgan fingerprint density at radius 3 is 2.50 bits per heavy atom. The van der Waals surface area contributed by atoms with Gasteiger partial charge >= 0.3 is 0 Å². The molecule has 0 fully saturated rings. The first-order valence-electron chi connectivity index (χ1n) is 4.23. The fraction of sp³-hybridized carbons (Fsp3) is 0.250. The van der Waals surface area contributed by atoms with Crippen molar-refractivity contribution in [3.8, 4) is 0 Å². The summed E-state index contributed by atoms with van der Waals surface area (Å²) in [6, 6.07) is 1.37. The molecule has 8 heteroatoms. The van der Waals surface area contributed by atoms with Crippen LogP contribution in [0.25, 0.3) is 0 Å². The molecule has 0 aliphatic heterocycles. The molecule has 0 aliphatic rings. The smallest absolute Gasteiger partial charge is 0.243 e. The average Bonchev–Trinajstić information content (AvgIpc) is 2.20. The van der Waals surface area contributed by atoms with E-state index in [1.54, 1.807) is 0 Å². The van der Waals surface area contributed by atoms with Gasteiger partial charge in [-0.2, -0.15) is 0 Å². The Morgan fingerprint density at radius 2 is 1.94 bits per heavy atom. The summed E-state index contributed by atoms with van der Waals surface area (Å²) in [5, 5.41) is 0. The molecule has 4 nitrogen and oxygen atoms in total. The molecule has 1 rings (SSSR count). The van der Waals surface area contributed by atoms with Crippen molar-refractivity contribution < 1.29 is 17.2 Å². The number of benzene rings is 1. The minimum absolute atomic E-state index is 0.0171. The van der Waals surface area contributed by atoms with E-state index in [2.05, 4.69) is 20.7 Å². The number of halogens is 3. The van der Waals surface area contributed by atoms with Gasteiger partial charge in [-0.15, -0.1) is 0 Å². The summed E-state index contributed by atoms with van der Waals surface area (Å²) < 4.78 is 51.1. The fourth-order valence-corrected chi connectivity index (χ4v) is 2.61. The van der Waals surface area contributed by atoms with Crippen LogP contribution in [0, 0.1) is 11.6 Å². The maximum Gasteiger partial charge on any atom is 0.243 e. The van der Waals surface area contributed by atoms with E-state index in [0.717, 1.165) is 6.07 Å². The SMILES string of the molecule is NCCNS(=O)(=O)c1cc(Br)c(F)cc1F. The molecule has 16 heavy (non-hydrogen) atoms. The maximum atomic E-state index is 13.2. The van der Waals surface area contributed by atoms with Crippen LogP contribution in [0.2, 0.25) is 0 Å². The molecule has 0 saturated carbocycles. The first-order valence-corrected chi connectivity index (χ1v) is 6.50. The lowest BCUT2D eigenvalue weighted by Crippen LogP contribution is -2.29. The van der Waals surface area contributed by atoms with Crippen LogP contribution in [0.4, 0.5) is 8.78 Å². The third-order valence-corrected chi connectivity index (χ3v) is 3.78. The number of sulfonamides is 1. The zero-order valence-electron chi connectivity index (χ0n) is 8.00. The first kappa shape index (κ1) is 13.5. The van der Waals surface area contributed by atoms with Gasteiger partial charge < -0.3 is 5.73 Å². The number of nitrogens with one attached hydrogen (secondary N) is 1. The molecule has 0 amide bonds. The molecule has 0 saturated heterocycles. The third-order valence-electron chi connectivity index (χ3n) is 1.70. The molecule has 90 valence electrons. The second kappa shape index (κ2) is 5.17. The molecule has 0 aromatic heterocycles. The maximum absolute atomic E-state index is 13.2. The van der Waals surface area contributed by atoms with Gasteiger partial charge in [0.05, 0.1) is 4.47 Å². The lowest BCUT2D eigenvalue weighted by atomic mass is 10.3. The summed E-state index contributed by atoms with van der Waals surface area (Å²) in [6.45, 7) is 0.0694. The van der Waals surface area contributed by atoms with Gasteiger partial charge in [0.15, 0.2) is 0 Å². The van der Waals surface area contributed by atoms with Crippen LogP contribution in [0.15, 0.2) is 21.5 Å². The molecular formula is C8H9BrF2N2O2S. The Labute approximate surface area is 100 Å². The minimum Gasteiger partial charge on any atom is -0.329 e. The van der Waals surface area contributed by atoms with Crippen molar-refractivity contribution in [2.45, 2.75) is 4.90 Å². The van der Waals surface area contributed by atoms with E-state index in [1.165, 1.54) is 0 Å². The Morgan fingerprint density at radius 1 is 1.31 bits per heavy atom. The van der Waals surface area contributed by atoms with Crippen LogP contribution in [-0.4, -0.2) is 21.5 Å². The standard InChI is InChI=1S/C8H9BrF2N2O2S/c9-5-3-8(7(11)4-6(5)10)16(14,15)13-2-1-12/h3-4,13H,1-2,12H2. The zero-order chi connectivity index (χ0) is 12.3. The summed E-state index contributed by atoms with van der Waals surface area (Å²) >= 11 is 2.78. The average molecular weight is 315 g/mol. The van der Waals surface area contributed by atoms with Crippen LogP contribution >= 0.6 is 15.9 Å². The van der Waals surface area contributed by atoms with E-state index in [4.69, 9.17) is 5.73 Å². The minimum atomic E-state index is -3.99. The Hall–Kier alpha value is -0.570. The first-order chi connectivity index (χ1) is 7.38. The van der Waals surface area contributed by atoms with Gasteiger partial charge in [-0.25, -0.2) is 21.9 Å². The van der Waals surface area contributed by atoms with Gasteiger partial charge in [0.1, 0.15) is 16.5 Å². The van der Waals surface area contributed by atoms with Crippen molar-refractivity contribution in [2.75, 3.05) is 13.1 Å². The van der Waals surface area contributed by atoms with Gasteiger partial charge in [-0.05, 0) is 22.0 Å². The predicted octanol–water partition coefficient (Wildman–Crippen LogP) is 0.964. The molecule has 0 aliphatic carbocycles. The largest absolute Gasteiger partial charge is 0.329 e. The molecule has 0 atom stereocenters. The van der Waals surface area contributed by atoms with Crippen molar-refractivity contribution in [1.82, 2.24) is 4.72 Å². The quantitative estimate of drug-likeness (QED) is 0.813. The summed E-state index contributed by atoms with van der Waals surface area (Å²) in [6.07, 6.45) is 0. The van der Waals surface area contributed by atoms with Crippen molar-refractivity contribution in [1.29, 1.82) is 0 Å². The fourth-order valence-electron chi connectivity index (χ4n) is 0.981. The van der Waals surface area contributed by atoms with Gasteiger partial charge in [0, 0.05) is 19.2 Å². The normalized spacial score (nSPS) is 11.8. The number of hydrogen-bond donors (Lipinski definition) is 2. The number of rotatable bonds is 4. The van der Waals surface area contributed by atoms with Crippen LogP contribution in [-0.2, 0) is 10.0 Å². The van der Waals surface area contributed by atoms with Crippen LogP contribution in [0.1, 0.15) is 0 Å². The van der Waals surface area contributed by atoms with E-state index in [-0.39, 0.29) is 17.6 Å². The van der Waals surface area contributed by atoms with E-state index >= 15 is 0 Å². The lowest BCUT2D eigenvalue weighted by Gasteiger charge is -2.07. The van der Waals surface area contributed by atoms with E-state index < -0.39 is 26.6 Å². The lowest BCUT2D eigenvalue weighted by molar-refractivity contribution is 0.541. The number of nitrogens with two attached hydrogens (primary N) is 1.